The van der Waals surface area contributed by atoms with Gasteiger partial charge in [0.05, 0.1) is 0 Å². The SMILES string of the molecule is CCCCNNC(=O)C(=O)NNCCCC. The highest BCUT2D eigenvalue weighted by molar-refractivity contribution is 6.34. The highest BCUT2D eigenvalue weighted by Crippen LogP contribution is 1.81. The molecule has 0 aliphatic carbocycles. The standard InChI is InChI=1S/C10H22N4O2/c1-3-5-7-11-13-9(15)10(16)14-12-8-6-4-2/h11-12H,3-8H2,1-2H3,(H,13,15)(H,14,16). The van der Waals surface area contributed by atoms with Crippen LogP contribution < -0.4 is 21.7 Å². The molecule has 0 aromatic heterocycles. The summed E-state index contributed by atoms with van der Waals surface area (Å²) in [5, 5.41) is 0. The van der Waals surface area contributed by atoms with Crippen LogP contribution in [0, 0.1) is 0 Å². The van der Waals surface area contributed by atoms with Crippen molar-refractivity contribution in [2.24, 2.45) is 0 Å². The summed E-state index contributed by atoms with van der Waals surface area (Å²) in [5.41, 5.74) is 10.00. The highest BCUT2D eigenvalue weighted by Gasteiger charge is 2.11. The van der Waals surface area contributed by atoms with E-state index < -0.39 is 11.8 Å². The van der Waals surface area contributed by atoms with Gasteiger partial charge in [-0.2, -0.15) is 0 Å². The first-order valence-corrected chi connectivity index (χ1v) is 5.78. The van der Waals surface area contributed by atoms with E-state index in [2.05, 4.69) is 21.7 Å². The Morgan fingerprint density at radius 2 is 1.19 bits per heavy atom. The summed E-state index contributed by atoms with van der Waals surface area (Å²) in [4.78, 5) is 22.3. The number of rotatable bonds is 8. The zero-order chi connectivity index (χ0) is 12.2. The number of amides is 2. The maximum Gasteiger partial charge on any atom is 0.324 e. The number of carbonyl (C=O) groups excluding carboxylic acids is 2. The Bertz CT molecular complexity index is 187. The Morgan fingerprint density at radius 1 is 0.812 bits per heavy atom. The molecule has 16 heavy (non-hydrogen) atoms. The van der Waals surface area contributed by atoms with Gasteiger partial charge in [0.15, 0.2) is 0 Å². The Morgan fingerprint density at radius 3 is 1.50 bits per heavy atom. The van der Waals surface area contributed by atoms with E-state index in [9.17, 15) is 9.59 Å². The minimum atomic E-state index is -0.680. The molecule has 0 heterocycles. The van der Waals surface area contributed by atoms with Crippen molar-refractivity contribution >= 4 is 11.8 Å². The van der Waals surface area contributed by atoms with Crippen LogP contribution in [0.25, 0.3) is 0 Å². The van der Waals surface area contributed by atoms with Crippen molar-refractivity contribution in [3.05, 3.63) is 0 Å². The van der Waals surface area contributed by atoms with Gasteiger partial charge in [-0.05, 0) is 12.8 Å². The quantitative estimate of drug-likeness (QED) is 0.265. The summed E-state index contributed by atoms with van der Waals surface area (Å²) in [6, 6.07) is 0. The van der Waals surface area contributed by atoms with Crippen LogP contribution in [-0.2, 0) is 9.59 Å². The predicted octanol–water partition coefficient (Wildman–Crippen LogP) is -0.172. The lowest BCUT2D eigenvalue weighted by molar-refractivity contribution is -0.140. The minimum Gasteiger partial charge on any atom is -0.283 e. The van der Waals surface area contributed by atoms with Crippen molar-refractivity contribution in [2.45, 2.75) is 39.5 Å². The molecule has 2 amide bonds. The monoisotopic (exact) mass is 230 g/mol. The predicted molar refractivity (Wildman–Crippen MR) is 62.1 cm³/mol. The Kier molecular flexibility index (Phi) is 9.64. The third kappa shape index (κ3) is 8.19. The average Bonchev–Trinajstić information content (AvgIpc) is 2.29. The number of hydrogen-bond acceptors (Lipinski definition) is 4. The highest BCUT2D eigenvalue weighted by atomic mass is 16.2. The first-order chi connectivity index (χ1) is 7.72. The van der Waals surface area contributed by atoms with E-state index in [-0.39, 0.29) is 0 Å². The minimum absolute atomic E-state index is 0.665. The molecule has 0 aliphatic heterocycles. The molecule has 0 rings (SSSR count). The molecule has 0 unspecified atom stereocenters. The van der Waals surface area contributed by atoms with Crippen LogP contribution in [0.15, 0.2) is 0 Å². The van der Waals surface area contributed by atoms with Crippen molar-refractivity contribution in [1.29, 1.82) is 0 Å². The van der Waals surface area contributed by atoms with Crippen molar-refractivity contribution in [3.63, 3.8) is 0 Å². The molecule has 94 valence electrons. The summed E-state index contributed by atoms with van der Waals surface area (Å²) in [5.74, 6) is -1.36. The van der Waals surface area contributed by atoms with Crippen LogP contribution in [0.2, 0.25) is 0 Å². The van der Waals surface area contributed by atoms with Crippen molar-refractivity contribution in [3.8, 4) is 0 Å². The van der Waals surface area contributed by atoms with Gasteiger partial charge in [0, 0.05) is 13.1 Å². The van der Waals surface area contributed by atoms with Crippen LogP contribution in [0.3, 0.4) is 0 Å². The van der Waals surface area contributed by atoms with E-state index >= 15 is 0 Å². The second kappa shape index (κ2) is 10.4. The van der Waals surface area contributed by atoms with Gasteiger partial charge >= 0.3 is 11.8 Å². The third-order valence-electron chi connectivity index (χ3n) is 1.92. The van der Waals surface area contributed by atoms with Crippen LogP contribution in [0.4, 0.5) is 0 Å². The third-order valence-corrected chi connectivity index (χ3v) is 1.92. The van der Waals surface area contributed by atoms with Gasteiger partial charge in [0.25, 0.3) is 0 Å². The lowest BCUT2D eigenvalue weighted by atomic mass is 10.3. The second-order valence-corrected chi connectivity index (χ2v) is 3.47. The zero-order valence-corrected chi connectivity index (χ0v) is 10.1. The zero-order valence-electron chi connectivity index (χ0n) is 10.1. The fourth-order valence-electron chi connectivity index (χ4n) is 0.929. The van der Waals surface area contributed by atoms with Crippen LogP contribution in [0.1, 0.15) is 39.5 Å². The topological polar surface area (TPSA) is 82.3 Å². The molecule has 0 aromatic carbocycles. The van der Waals surface area contributed by atoms with Gasteiger partial charge < -0.3 is 0 Å². The lowest BCUT2D eigenvalue weighted by Gasteiger charge is -2.07. The number of nitrogens with one attached hydrogen (secondary N) is 4. The van der Waals surface area contributed by atoms with Crippen LogP contribution in [-0.4, -0.2) is 24.9 Å². The van der Waals surface area contributed by atoms with Gasteiger partial charge in [-0.25, -0.2) is 10.9 Å². The molecule has 0 bridgehead atoms. The molecule has 0 atom stereocenters. The van der Waals surface area contributed by atoms with E-state index in [0.29, 0.717) is 13.1 Å². The first-order valence-electron chi connectivity index (χ1n) is 5.78. The second-order valence-electron chi connectivity index (χ2n) is 3.47. The summed E-state index contributed by atoms with van der Waals surface area (Å²) in [7, 11) is 0. The van der Waals surface area contributed by atoms with Crippen LogP contribution in [0.5, 0.6) is 0 Å². The Balaban J connectivity index is 3.46. The summed E-state index contributed by atoms with van der Waals surface area (Å²) in [6.07, 6.45) is 3.98. The van der Waals surface area contributed by atoms with Gasteiger partial charge in [0.2, 0.25) is 0 Å². The normalized spacial score (nSPS) is 9.88. The molecule has 0 aromatic rings. The van der Waals surface area contributed by atoms with Gasteiger partial charge in [-0.3, -0.25) is 20.4 Å². The molecule has 6 heteroatoms. The molecule has 0 aliphatic rings. The van der Waals surface area contributed by atoms with Gasteiger partial charge in [0.1, 0.15) is 0 Å². The Labute approximate surface area is 96.5 Å². The molecule has 0 saturated carbocycles. The van der Waals surface area contributed by atoms with E-state index in [1.165, 1.54) is 0 Å². The first kappa shape index (κ1) is 14.9. The summed E-state index contributed by atoms with van der Waals surface area (Å²) in [6.45, 7) is 5.43. The number of hydrogen-bond donors (Lipinski definition) is 4. The smallest absolute Gasteiger partial charge is 0.283 e. The maximum absolute atomic E-state index is 11.1. The van der Waals surface area contributed by atoms with E-state index in [1.807, 2.05) is 13.8 Å². The van der Waals surface area contributed by atoms with Crippen molar-refractivity contribution in [1.82, 2.24) is 21.7 Å². The maximum atomic E-state index is 11.1. The molecular weight excluding hydrogens is 208 g/mol. The fourth-order valence-corrected chi connectivity index (χ4v) is 0.929. The summed E-state index contributed by atoms with van der Waals surface area (Å²) < 4.78 is 0. The summed E-state index contributed by atoms with van der Waals surface area (Å²) >= 11 is 0. The molecule has 6 nitrogen and oxygen atoms in total. The molecule has 0 fully saturated rings. The number of hydrazine groups is 2. The molecule has 0 saturated heterocycles. The lowest BCUT2D eigenvalue weighted by Crippen LogP contribution is -2.50. The van der Waals surface area contributed by atoms with E-state index in [4.69, 9.17) is 0 Å². The molecule has 4 N–H and O–H groups in total. The van der Waals surface area contributed by atoms with Gasteiger partial charge in [-0.15, -0.1) is 0 Å². The number of unbranched alkanes of at least 4 members (excludes halogenated alkanes) is 2. The van der Waals surface area contributed by atoms with E-state index in [0.717, 1.165) is 25.7 Å². The van der Waals surface area contributed by atoms with Crippen LogP contribution >= 0.6 is 0 Å². The van der Waals surface area contributed by atoms with Crippen molar-refractivity contribution < 1.29 is 9.59 Å². The molecule has 0 radical (unpaired) electrons. The largest absolute Gasteiger partial charge is 0.324 e. The van der Waals surface area contributed by atoms with E-state index in [1.54, 1.807) is 0 Å². The number of carbonyl (C=O) groups is 2. The molecule has 0 spiro atoms. The van der Waals surface area contributed by atoms with Gasteiger partial charge in [-0.1, -0.05) is 26.7 Å². The average molecular weight is 230 g/mol. The molecular formula is C10H22N4O2. The fraction of sp³-hybridized carbons (Fsp3) is 0.800. The Hall–Kier alpha value is -1.14. The van der Waals surface area contributed by atoms with Crippen molar-refractivity contribution in [2.75, 3.05) is 13.1 Å².